The average molecular weight is 523 g/mol. The van der Waals surface area contributed by atoms with Gasteiger partial charge in [-0.3, -0.25) is 4.98 Å². The number of nitrogens with zero attached hydrogens (tertiary/aromatic N) is 3. The number of ether oxygens (including phenoxy) is 1. The predicted molar refractivity (Wildman–Crippen MR) is 157 cm³/mol. The molecule has 2 unspecified atom stereocenters. The molecule has 2 aromatic carbocycles. The lowest BCUT2D eigenvalue weighted by atomic mass is 9.94. The number of para-hydroxylation sites is 1. The summed E-state index contributed by atoms with van der Waals surface area (Å²) in [5.74, 6) is 1.62. The van der Waals surface area contributed by atoms with E-state index in [0.717, 1.165) is 22.9 Å². The molecule has 6 rings (SSSR count). The minimum absolute atomic E-state index is 0.0122. The van der Waals surface area contributed by atoms with Crippen molar-refractivity contribution in [2.45, 2.75) is 64.1 Å². The van der Waals surface area contributed by atoms with Gasteiger partial charge in [-0.25, -0.2) is 0 Å². The largest absolute Gasteiger partial charge is 0.457 e. The summed E-state index contributed by atoms with van der Waals surface area (Å²) in [6, 6.07) is 27.1. The van der Waals surface area contributed by atoms with E-state index in [1.165, 1.54) is 49.1 Å². The van der Waals surface area contributed by atoms with E-state index in [1.54, 1.807) is 0 Å². The average Bonchev–Trinajstić information content (AvgIpc) is 3.45. The van der Waals surface area contributed by atoms with Gasteiger partial charge >= 0.3 is 0 Å². The summed E-state index contributed by atoms with van der Waals surface area (Å²) in [5, 5.41) is 4.32. The zero-order valence-electron chi connectivity index (χ0n) is 22.0. The van der Waals surface area contributed by atoms with E-state index in [9.17, 15) is 0 Å². The molecule has 6 heteroatoms. The standard InChI is InChI=1S/C32H34N4OS/c1-22-21-28(23(2)35(22)24-11-5-3-6-12-24)31-30(29-15-9-10-20-33-29)34-32(38)36(31)25-16-18-27(19-17-25)37-26-13-7-4-8-14-26/h4,7-10,13-21,24,30-31H,3,5-6,11-12H2,1-2H3,(H,34,38). The van der Waals surface area contributed by atoms with Gasteiger partial charge < -0.3 is 19.5 Å². The van der Waals surface area contributed by atoms with E-state index in [0.29, 0.717) is 11.2 Å². The van der Waals surface area contributed by atoms with Crippen molar-refractivity contribution < 1.29 is 4.74 Å². The molecule has 2 atom stereocenters. The summed E-state index contributed by atoms with van der Waals surface area (Å²) in [6.07, 6.45) is 8.35. The van der Waals surface area contributed by atoms with Crippen LogP contribution in [-0.4, -0.2) is 14.7 Å². The van der Waals surface area contributed by atoms with Crippen LogP contribution in [0.25, 0.3) is 0 Å². The van der Waals surface area contributed by atoms with Crippen molar-refractivity contribution in [3.63, 3.8) is 0 Å². The molecule has 2 fully saturated rings. The summed E-state index contributed by atoms with van der Waals surface area (Å²) in [7, 11) is 0. The number of benzene rings is 2. The van der Waals surface area contributed by atoms with Crippen molar-refractivity contribution in [2.24, 2.45) is 0 Å². The lowest BCUT2D eigenvalue weighted by Crippen LogP contribution is -2.29. The first-order valence-corrected chi connectivity index (χ1v) is 14.0. The number of anilines is 1. The zero-order chi connectivity index (χ0) is 26.1. The van der Waals surface area contributed by atoms with Gasteiger partial charge in [0, 0.05) is 29.3 Å². The molecule has 3 heterocycles. The Morgan fingerprint density at radius 3 is 2.29 bits per heavy atom. The highest BCUT2D eigenvalue weighted by atomic mass is 32.1. The SMILES string of the molecule is Cc1cc(C2C(c3ccccn3)NC(=S)N2c2ccc(Oc3ccccc3)cc2)c(C)n1C1CCCCC1. The number of rotatable bonds is 6. The number of pyridine rings is 1. The molecule has 1 saturated carbocycles. The van der Waals surface area contributed by atoms with Crippen LogP contribution in [0.4, 0.5) is 5.69 Å². The van der Waals surface area contributed by atoms with Crippen molar-refractivity contribution in [2.75, 3.05) is 4.90 Å². The zero-order valence-corrected chi connectivity index (χ0v) is 22.8. The van der Waals surface area contributed by atoms with Crippen LogP contribution >= 0.6 is 12.2 Å². The number of thiocarbonyl (C=S) groups is 1. The number of aryl methyl sites for hydroxylation is 1. The second-order valence-corrected chi connectivity index (χ2v) is 10.8. The molecule has 2 aliphatic rings. The Bertz CT molecular complexity index is 1390. The highest BCUT2D eigenvalue weighted by Gasteiger charge is 2.42. The van der Waals surface area contributed by atoms with Gasteiger partial charge in [0.2, 0.25) is 0 Å². The molecule has 38 heavy (non-hydrogen) atoms. The van der Waals surface area contributed by atoms with Gasteiger partial charge in [0.25, 0.3) is 0 Å². The van der Waals surface area contributed by atoms with Gasteiger partial charge in [-0.1, -0.05) is 43.5 Å². The Labute approximate surface area is 230 Å². The van der Waals surface area contributed by atoms with Crippen LogP contribution in [0.15, 0.2) is 85.1 Å². The van der Waals surface area contributed by atoms with Gasteiger partial charge in [-0.05, 0) is 99.1 Å². The van der Waals surface area contributed by atoms with E-state index < -0.39 is 0 Å². The van der Waals surface area contributed by atoms with Crippen molar-refractivity contribution in [3.05, 3.63) is 108 Å². The van der Waals surface area contributed by atoms with Crippen LogP contribution in [0.5, 0.6) is 11.5 Å². The normalized spacial score (nSPS) is 19.9. The molecule has 1 aliphatic carbocycles. The number of hydrogen-bond acceptors (Lipinski definition) is 3. The highest BCUT2D eigenvalue weighted by molar-refractivity contribution is 7.80. The van der Waals surface area contributed by atoms with Crippen LogP contribution in [0.3, 0.4) is 0 Å². The molecule has 5 nitrogen and oxygen atoms in total. The van der Waals surface area contributed by atoms with Crippen LogP contribution in [0.1, 0.15) is 72.9 Å². The fourth-order valence-corrected chi connectivity index (χ4v) is 6.60. The van der Waals surface area contributed by atoms with E-state index in [-0.39, 0.29) is 12.1 Å². The van der Waals surface area contributed by atoms with E-state index in [1.807, 2.05) is 60.8 Å². The van der Waals surface area contributed by atoms with Gasteiger partial charge in [0.05, 0.1) is 17.8 Å². The first-order valence-electron chi connectivity index (χ1n) is 13.6. The number of nitrogens with one attached hydrogen (secondary N) is 1. The molecule has 0 amide bonds. The molecule has 4 aromatic rings. The van der Waals surface area contributed by atoms with E-state index in [2.05, 4.69) is 52.9 Å². The summed E-state index contributed by atoms with van der Waals surface area (Å²) < 4.78 is 8.63. The molecule has 2 aromatic heterocycles. The fourth-order valence-electron chi connectivity index (χ4n) is 6.25. The highest BCUT2D eigenvalue weighted by Crippen LogP contribution is 2.45. The molecule has 0 bridgehead atoms. The molecule has 0 spiro atoms. The maximum atomic E-state index is 6.05. The summed E-state index contributed by atoms with van der Waals surface area (Å²) >= 11 is 5.97. The smallest absolute Gasteiger partial charge is 0.174 e. The quantitative estimate of drug-likeness (QED) is 0.260. The Morgan fingerprint density at radius 1 is 0.868 bits per heavy atom. The predicted octanol–water partition coefficient (Wildman–Crippen LogP) is 7.97. The maximum Gasteiger partial charge on any atom is 0.174 e. The van der Waals surface area contributed by atoms with E-state index >= 15 is 0 Å². The van der Waals surface area contributed by atoms with Gasteiger partial charge in [0.15, 0.2) is 5.11 Å². The van der Waals surface area contributed by atoms with Gasteiger partial charge in [-0.2, -0.15) is 0 Å². The van der Waals surface area contributed by atoms with Gasteiger partial charge in [-0.15, -0.1) is 0 Å². The van der Waals surface area contributed by atoms with Crippen LogP contribution < -0.4 is 15.0 Å². The number of hydrogen-bond donors (Lipinski definition) is 1. The summed E-state index contributed by atoms with van der Waals surface area (Å²) in [6.45, 7) is 4.53. The van der Waals surface area contributed by atoms with Crippen molar-refractivity contribution in [1.82, 2.24) is 14.9 Å². The van der Waals surface area contributed by atoms with E-state index in [4.69, 9.17) is 21.9 Å². The molecule has 194 valence electrons. The molecular formula is C32H34N4OS. The summed E-state index contributed by atoms with van der Waals surface area (Å²) in [4.78, 5) is 6.99. The summed E-state index contributed by atoms with van der Waals surface area (Å²) in [5.41, 5.74) is 6.00. The first-order chi connectivity index (χ1) is 18.6. The molecule has 1 N–H and O–H groups in total. The lowest BCUT2D eigenvalue weighted by molar-refractivity contribution is 0.345. The van der Waals surface area contributed by atoms with Crippen LogP contribution in [0.2, 0.25) is 0 Å². The maximum absolute atomic E-state index is 6.05. The molecule has 1 aliphatic heterocycles. The molecule has 0 radical (unpaired) electrons. The van der Waals surface area contributed by atoms with Crippen molar-refractivity contribution >= 4 is 23.0 Å². The second-order valence-electron chi connectivity index (χ2n) is 10.4. The third-order valence-corrected chi connectivity index (χ3v) is 8.29. The minimum Gasteiger partial charge on any atom is -0.457 e. The number of aromatic nitrogens is 2. The fraction of sp³-hybridized carbons (Fsp3) is 0.312. The molecule has 1 saturated heterocycles. The van der Waals surface area contributed by atoms with Crippen LogP contribution in [0, 0.1) is 13.8 Å². The Morgan fingerprint density at radius 2 is 1.58 bits per heavy atom. The second kappa shape index (κ2) is 10.6. The van der Waals surface area contributed by atoms with Crippen molar-refractivity contribution in [3.8, 4) is 11.5 Å². The van der Waals surface area contributed by atoms with Gasteiger partial charge in [0.1, 0.15) is 11.5 Å². The third-order valence-electron chi connectivity index (χ3n) is 7.97. The Kier molecular flexibility index (Phi) is 6.90. The Balaban J connectivity index is 1.38. The Hall–Kier alpha value is -3.64. The van der Waals surface area contributed by atoms with Crippen LogP contribution in [-0.2, 0) is 0 Å². The topological polar surface area (TPSA) is 42.3 Å². The third kappa shape index (κ3) is 4.69. The lowest BCUT2D eigenvalue weighted by Gasteiger charge is -2.30. The first kappa shape index (κ1) is 24.7. The molecular weight excluding hydrogens is 488 g/mol. The monoisotopic (exact) mass is 522 g/mol. The van der Waals surface area contributed by atoms with Crippen molar-refractivity contribution in [1.29, 1.82) is 0 Å². The minimum atomic E-state index is -0.0516.